The molecule has 2 N–H and O–H groups in total. The normalized spacial score (nSPS) is 23.1. The van der Waals surface area contributed by atoms with Crippen LogP contribution in [0.4, 0.5) is 14.6 Å². The van der Waals surface area contributed by atoms with Crippen LogP contribution in [0.1, 0.15) is 90.6 Å². The average molecular weight is 562 g/mol. The van der Waals surface area contributed by atoms with E-state index in [0.29, 0.717) is 25.2 Å². The predicted octanol–water partition coefficient (Wildman–Crippen LogP) is 4.80. The van der Waals surface area contributed by atoms with Crippen molar-refractivity contribution in [2.24, 2.45) is 5.92 Å². The Kier molecular flexibility index (Phi) is 8.11. The molecular formula is C27H33F2N5O4S. The summed E-state index contributed by atoms with van der Waals surface area (Å²) in [4.78, 5) is 49.0. The molecule has 0 radical (unpaired) electrons. The summed E-state index contributed by atoms with van der Waals surface area (Å²) in [5.41, 5.74) is -0.173. The van der Waals surface area contributed by atoms with Crippen LogP contribution in [0.5, 0.6) is 0 Å². The number of esters is 1. The number of halogens is 2. The summed E-state index contributed by atoms with van der Waals surface area (Å²) in [7, 11) is 1.32. The van der Waals surface area contributed by atoms with Gasteiger partial charge in [0, 0.05) is 42.0 Å². The van der Waals surface area contributed by atoms with Crippen LogP contribution in [0.2, 0.25) is 0 Å². The molecule has 0 bridgehead atoms. The van der Waals surface area contributed by atoms with Crippen molar-refractivity contribution < 1.29 is 27.9 Å². The minimum atomic E-state index is -2.81. The molecule has 0 aromatic carbocycles. The third-order valence-electron chi connectivity index (χ3n) is 7.97. The minimum Gasteiger partial charge on any atom is -0.469 e. The lowest BCUT2D eigenvalue weighted by molar-refractivity contribution is -0.149. The van der Waals surface area contributed by atoms with Crippen LogP contribution in [-0.2, 0) is 9.53 Å². The zero-order chi connectivity index (χ0) is 27.7. The summed E-state index contributed by atoms with van der Waals surface area (Å²) in [6.07, 6.45) is 5.23. The van der Waals surface area contributed by atoms with Crippen molar-refractivity contribution in [1.29, 1.82) is 0 Å². The van der Waals surface area contributed by atoms with Crippen molar-refractivity contribution in [3.8, 4) is 10.4 Å². The van der Waals surface area contributed by atoms with Gasteiger partial charge in [-0.25, -0.2) is 18.7 Å². The van der Waals surface area contributed by atoms with Gasteiger partial charge < -0.3 is 20.3 Å². The Bertz CT molecular complexity index is 1240. The van der Waals surface area contributed by atoms with E-state index in [1.165, 1.54) is 19.4 Å². The fourth-order valence-electron chi connectivity index (χ4n) is 5.66. The second-order valence-electron chi connectivity index (χ2n) is 10.6. The highest BCUT2D eigenvalue weighted by atomic mass is 32.1. The van der Waals surface area contributed by atoms with Gasteiger partial charge in [0.05, 0.1) is 17.9 Å². The molecule has 2 saturated carbocycles. The number of nitrogens with zero attached hydrogens (tertiary/aromatic N) is 3. The Hall–Kier alpha value is -3.15. The number of methoxy groups -OCH3 is 1. The molecule has 3 fully saturated rings. The van der Waals surface area contributed by atoms with E-state index < -0.39 is 12.3 Å². The quantitative estimate of drug-likeness (QED) is 0.445. The number of thiazole rings is 1. The van der Waals surface area contributed by atoms with Gasteiger partial charge in [0.15, 0.2) is 5.01 Å². The van der Waals surface area contributed by atoms with Crippen molar-refractivity contribution in [3.05, 3.63) is 28.5 Å². The monoisotopic (exact) mass is 561 g/mol. The molecule has 39 heavy (non-hydrogen) atoms. The molecule has 2 aromatic rings. The number of hydrogen-bond donors (Lipinski definition) is 2. The molecule has 3 aliphatic rings. The summed E-state index contributed by atoms with van der Waals surface area (Å²) in [5.74, 6) is -1.10. The van der Waals surface area contributed by atoms with Crippen LogP contribution in [0.25, 0.3) is 10.4 Å². The van der Waals surface area contributed by atoms with Gasteiger partial charge >= 0.3 is 5.97 Å². The third kappa shape index (κ3) is 5.75. The first-order valence-electron chi connectivity index (χ1n) is 13.5. The molecule has 1 saturated heterocycles. The summed E-state index contributed by atoms with van der Waals surface area (Å²) < 4.78 is 33.4. The van der Waals surface area contributed by atoms with E-state index in [2.05, 4.69) is 20.6 Å². The first kappa shape index (κ1) is 27.4. The lowest BCUT2D eigenvalue weighted by Gasteiger charge is -2.33. The molecule has 12 heteroatoms. The molecule has 0 spiro atoms. The number of carbonyl (C=O) groups excluding carboxylic acids is 3. The van der Waals surface area contributed by atoms with Crippen LogP contribution < -0.4 is 10.6 Å². The fourth-order valence-corrected chi connectivity index (χ4v) is 6.65. The number of aromatic nitrogens is 2. The Morgan fingerprint density at radius 3 is 2.51 bits per heavy atom. The Morgan fingerprint density at radius 2 is 1.87 bits per heavy atom. The van der Waals surface area contributed by atoms with Gasteiger partial charge in [0.2, 0.25) is 0 Å². The zero-order valence-electron chi connectivity index (χ0n) is 22.0. The second kappa shape index (κ2) is 11.5. The number of rotatable bonds is 8. The van der Waals surface area contributed by atoms with E-state index >= 15 is 0 Å². The summed E-state index contributed by atoms with van der Waals surface area (Å²) in [6.45, 7) is 2.48. The average Bonchev–Trinajstić information content (AvgIpc) is 3.66. The van der Waals surface area contributed by atoms with Crippen LogP contribution >= 0.6 is 11.3 Å². The lowest BCUT2D eigenvalue weighted by Crippen LogP contribution is -2.47. The molecule has 9 nitrogen and oxygen atoms in total. The number of likely N-dealkylation sites (tertiary alicyclic amines) is 1. The smallest absolute Gasteiger partial charge is 0.308 e. The molecule has 2 amide bonds. The highest BCUT2D eigenvalue weighted by Crippen LogP contribution is 2.39. The van der Waals surface area contributed by atoms with Crippen molar-refractivity contribution in [2.75, 3.05) is 19.0 Å². The largest absolute Gasteiger partial charge is 0.469 e. The fraction of sp³-hybridized carbons (Fsp3) is 0.593. The molecular weight excluding hydrogens is 528 g/mol. The van der Waals surface area contributed by atoms with Gasteiger partial charge in [-0.05, 0) is 51.5 Å². The number of ether oxygens (including phenoxy) is 1. The van der Waals surface area contributed by atoms with E-state index in [1.54, 1.807) is 4.90 Å². The van der Waals surface area contributed by atoms with Crippen molar-refractivity contribution >= 4 is 34.9 Å². The van der Waals surface area contributed by atoms with Crippen LogP contribution in [0.15, 0.2) is 12.3 Å². The van der Waals surface area contributed by atoms with Gasteiger partial charge in [-0.2, -0.15) is 0 Å². The molecule has 2 aromatic heterocycles. The number of anilines is 1. The number of alkyl halides is 2. The maximum atomic E-state index is 14.3. The topological polar surface area (TPSA) is 114 Å². The Labute approximate surface area is 229 Å². The number of pyridine rings is 1. The molecule has 1 aliphatic heterocycles. The van der Waals surface area contributed by atoms with Gasteiger partial charge in [0.25, 0.3) is 18.2 Å². The van der Waals surface area contributed by atoms with E-state index in [9.17, 15) is 23.2 Å². The van der Waals surface area contributed by atoms with E-state index in [1.807, 2.05) is 6.92 Å². The number of nitrogens with one attached hydrogen (secondary N) is 2. The molecule has 5 rings (SSSR count). The number of carbonyl (C=O) groups is 3. The third-order valence-corrected chi connectivity index (χ3v) is 9.06. The lowest BCUT2D eigenvalue weighted by atomic mass is 9.80. The highest BCUT2D eigenvalue weighted by molar-refractivity contribution is 7.17. The van der Waals surface area contributed by atoms with E-state index in [-0.39, 0.29) is 62.6 Å². The van der Waals surface area contributed by atoms with Crippen LogP contribution in [-0.4, -0.2) is 64.4 Å². The summed E-state index contributed by atoms with van der Waals surface area (Å²) in [6, 6.07) is 1.30. The first-order valence-corrected chi connectivity index (χ1v) is 14.3. The Balaban J connectivity index is 1.45. The molecule has 0 unspecified atom stereocenters. The van der Waals surface area contributed by atoms with Gasteiger partial charge in [-0.3, -0.25) is 14.4 Å². The molecule has 2 aliphatic carbocycles. The summed E-state index contributed by atoms with van der Waals surface area (Å²) >= 11 is 0.912. The number of amides is 2. The van der Waals surface area contributed by atoms with Crippen LogP contribution in [0.3, 0.4) is 0 Å². The standard InChI is InChI=1S/C27H33F2N5O4S/c1-14-6-5-9-34(14)26(36)21-22(39-25(33-21)24(35)32-17-10-15(11-17)27(37)38-2)19-13-30-20(12-18(19)23(28)29)31-16-7-3-4-8-16/h12-17,23H,3-11H2,1-2H3,(H,30,31)(H,32,35)/t14-,15?,17?/m0/s1. The maximum Gasteiger partial charge on any atom is 0.308 e. The van der Waals surface area contributed by atoms with Gasteiger partial charge in [0.1, 0.15) is 11.5 Å². The minimum absolute atomic E-state index is 0.00934. The molecule has 1 atom stereocenters. The zero-order valence-corrected chi connectivity index (χ0v) is 22.9. The first-order chi connectivity index (χ1) is 18.7. The molecule has 210 valence electrons. The van der Waals surface area contributed by atoms with Gasteiger partial charge in [-0.1, -0.05) is 12.8 Å². The van der Waals surface area contributed by atoms with Crippen molar-refractivity contribution in [2.45, 2.75) is 82.8 Å². The SMILES string of the molecule is COC(=O)C1CC(NC(=O)c2nc(C(=O)N3CCC[C@@H]3C)c(-c3cnc(NC4CCCC4)cc3C(F)F)s2)C1. The Morgan fingerprint density at radius 1 is 1.13 bits per heavy atom. The van der Waals surface area contributed by atoms with Gasteiger partial charge in [-0.15, -0.1) is 11.3 Å². The number of hydrogen-bond acceptors (Lipinski definition) is 8. The maximum absolute atomic E-state index is 14.3. The van der Waals surface area contributed by atoms with E-state index in [0.717, 1.165) is 49.9 Å². The van der Waals surface area contributed by atoms with E-state index in [4.69, 9.17) is 4.74 Å². The van der Waals surface area contributed by atoms with Crippen molar-refractivity contribution in [3.63, 3.8) is 0 Å². The van der Waals surface area contributed by atoms with Crippen LogP contribution in [0, 0.1) is 5.92 Å². The highest BCUT2D eigenvalue weighted by Gasteiger charge is 2.38. The second-order valence-corrected chi connectivity index (χ2v) is 11.6. The molecule has 3 heterocycles. The summed E-state index contributed by atoms with van der Waals surface area (Å²) in [5, 5.41) is 6.10. The van der Waals surface area contributed by atoms with Crippen molar-refractivity contribution in [1.82, 2.24) is 20.2 Å². The predicted molar refractivity (Wildman–Crippen MR) is 142 cm³/mol.